The van der Waals surface area contributed by atoms with Crippen LogP contribution in [-0.2, 0) is 9.84 Å². The number of nitrogens with zero attached hydrogens (tertiary/aromatic N) is 1. The van der Waals surface area contributed by atoms with Gasteiger partial charge in [0, 0.05) is 23.4 Å². The lowest BCUT2D eigenvalue weighted by atomic mass is 10.3. The van der Waals surface area contributed by atoms with Crippen molar-refractivity contribution in [2.75, 3.05) is 12.0 Å². The maximum absolute atomic E-state index is 11.5. The van der Waals surface area contributed by atoms with Crippen molar-refractivity contribution in [3.8, 4) is 0 Å². The lowest BCUT2D eigenvalue weighted by Crippen LogP contribution is -2.06. The minimum Gasteiger partial charge on any atom is -0.397 e. The van der Waals surface area contributed by atoms with Crippen LogP contribution in [0, 0.1) is 0 Å². The molecule has 0 atom stereocenters. The molecule has 0 unspecified atom stereocenters. The second-order valence-electron chi connectivity index (χ2n) is 3.78. The fourth-order valence-corrected chi connectivity index (χ4v) is 3.18. The van der Waals surface area contributed by atoms with E-state index in [1.165, 1.54) is 18.3 Å². The molecule has 0 fully saturated rings. The Kier molecular flexibility index (Phi) is 3.63. The summed E-state index contributed by atoms with van der Waals surface area (Å²) in [6.07, 6.45) is 2.47. The van der Waals surface area contributed by atoms with Gasteiger partial charge in [-0.05, 0) is 23.9 Å². The number of para-hydroxylation sites is 1. The number of hydrogen-bond acceptors (Lipinski definition) is 6. The van der Waals surface area contributed by atoms with Crippen LogP contribution in [0.1, 0.15) is 0 Å². The van der Waals surface area contributed by atoms with Crippen LogP contribution in [0.25, 0.3) is 0 Å². The predicted molar refractivity (Wildman–Crippen MR) is 72.9 cm³/mol. The largest absolute Gasteiger partial charge is 0.397 e. The van der Waals surface area contributed by atoms with E-state index in [9.17, 15) is 13.2 Å². The zero-order valence-corrected chi connectivity index (χ0v) is 11.6. The third-order valence-corrected chi connectivity index (χ3v) is 4.41. The summed E-state index contributed by atoms with van der Waals surface area (Å²) >= 11 is 1.10. The number of hydrogen-bond donors (Lipinski definition) is 2. The van der Waals surface area contributed by atoms with Gasteiger partial charge in [0.2, 0.25) is 0 Å². The highest BCUT2D eigenvalue weighted by atomic mass is 32.2. The summed E-state index contributed by atoms with van der Waals surface area (Å²) in [7, 11) is -3.39. The number of sulfone groups is 1. The average Bonchev–Trinajstić information content (AvgIpc) is 2.30. The monoisotopic (exact) mass is 297 g/mol. The molecule has 1 heterocycles. The Bertz CT molecular complexity index is 769. The van der Waals surface area contributed by atoms with Gasteiger partial charge >= 0.3 is 0 Å². The van der Waals surface area contributed by atoms with Gasteiger partial charge in [0.15, 0.2) is 15.0 Å². The molecule has 0 aliphatic carbocycles. The van der Waals surface area contributed by atoms with Crippen LogP contribution in [0.4, 0.5) is 5.69 Å². The zero-order valence-electron chi connectivity index (χ0n) is 9.95. The number of anilines is 1. The quantitative estimate of drug-likeness (QED) is 0.644. The van der Waals surface area contributed by atoms with Gasteiger partial charge in [-0.2, -0.15) is 0 Å². The van der Waals surface area contributed by atoms with E-state index in [1.807, 2.05) is 0 Å². The van der Waals surface area contributed by atoms with Crippen LogP contribution in [0.15, 0.2) is 50.2 Å². The molecule has 0 bridgehead atoms. The topological polar surface area (TPSA) is 106 Å². The minimum absolute atomic E-state index is 0.0655. The van der Waals surface area contributed by atoms with Gasteiger partial charge in [-0.25, -0.2) is 13.4 Å². The first kappa shape index (κ1) is 13.6. The Morgan fingerprint density at radius 3 is 2.68 bits per heavy atom. The van der Waals surface area contributed by atoms with E-state index in [0.29, 0.717) is 10.1 Å². The summed E-state index contributed by atoms with van der Waals surface area (Å²) in [6, 6.07) is 5.99. The molecule has 1 aromatic carbocycles. The standard InChI is InChI=1S/C11H11N3O3S2/c1-19(16,17)8-4-2-3-7(10(8)12)18-11-13-6-5-9(15)14-11/h2-6H,12H2,1H3,(H,13,14,15). The summed E-state index contributed by atoms with van der Waals surface area (Å²) in [6.45, 7) is 0. The Morgan fingerprint density at radius 1 is 1.32 bits per heavy atom. The summed E-state index contributed by atoms with van der Waals surface area (Å²) in [5, 5.41) is 0.352. The SMILES string of the molecule is CS(=O)(=O)c1cccc(Sc2nccc(=O)[nH]2)c1N. The molecule has 0 spiro atoms. The van der Waals surface area contributed by atoms with Crippen molar-refractivity contribution in [2.24, 2.45) is 0 Å². The van der Waals surface area contributed by atoms with Gasteiger partial charge in [0.1, 0.15) is 0 Å². The van der Waals surface area contributed by atoms with E-state index in [2.05, 4.69) is 9.97 Å². The lowest BCUT2D eigenvalue weighted by Gasteiger charge is -2.08. The van der Waals surface area contributed by atoms with Gasteiger partial charge in [0.05, 0.1) is 10.6 Å². The van der Waals surface area contributed by atoms with Gasteiger partial charge in [-0.1, -0.05) is 6.07 Å². The molecule has 1 aromatic heterocycles. The molecule has 8 heteroatoms. The van der Waals surface area contributed by atoms with Crippen molar-refractivity contribution in [3.63, 3.8) is 0 Å². The normalized spacial score (nSPS) is 11.4. The Morgan fingerprint density at radius 2 is 2.05 bits per heavy atom. The number of rotatable bonds is 3. The molecule has 2 rings (SSSR count). The molecule has 6 nitrogen and oxygen atoms in total. The molecule has 0 amide bonds. The molecule has 100 valence electrons. The van der Waals surface area contributed by atoms with Gasteiger partial charge < -0.3 is 10.7 Å². The number of benzene rings is 1. The highest BCUT2D eigenvalue weighted by molar-refractivity contribution is 7.99. The summed E-state index contributed by atoms with van der Waals surface area (Å²) in [5.41, 5.74) is 5.71. The fraction of sp³-hybridized carbons (Fsp3) is 0.0909. The van der Waals surface area contributed by atoms with Crippen LogP contribution < -0.4 is 11.3 Å². The second-order valence-corrected chi connectivity index (χ2v) is 6.80. The van der Waals surface area contributed by atoms with Crippen molar-refractivity contribution >= 4 is 27.3 Å². The van der Waals surface area contributed by atoms with Crippen molar-refractivity contribution in [2.45, 2.75) is 14.9 Å². The molecule has 2 aromatic rings. The second kappa shape index (κ2) is 5.06. The van der Waals surface area contributed by atoms with Crippen molar-refractivity contribution in [3.05, 3.63) is 40.8 Å². The summed E-state index contributed by atoms with van der Waals surface area (Å²) < 4.78 is 23.1. The molecular formula is C11H11N3O3S2. The van der Waals surface area contributed by atoms with Gasteiger partial charge in [0.25, 0.3) is 5.56 Å². The first-order chi connectivity index (χ1) is 8.88. The van der Waals surface area contributed by atoms with E-state index in [4.69, 9.17) is 5.73 Å². The average molecular weight is 297 g/mol. The summed E-state index contributed by atoms with van der Waals surface area (Å²) in [4.78, 5) is 18.2. The van der Waals surface area contributed by atoms with Crippen LogP contribution >= 0.6 is 11.8 Å². The summed E-state index contributed by atoms with van der Waals surface area (Å²) in [5.74, 6) is 0. The predicted octanol–water partition coefficient (Wildman–Crippen LogP) is 0.907. The number of nitrogen functional groups attached to an aromatic ring is 1. The number of nitrogens with one attached hydrogen (secondary N) is 1. The molecule has 0 saturated heterocycles. The number of H-pyrrole nitrogens is 1. The molecular weight excluding hydrogens is 286 g/mol. The first-order valence-corrected chi connectivity index (χ1v) is 7.90. The Labute approximate surface area is 114 Å². The van der Waals surface area contributed by atoms with Crippen molar-refractivity contribution < 1.29 is 8.42 Å². The van der Waals surface area contributed by atoms with Crippen LogP contribution in [-0.4, -0.2) is 24.6 Å². The number of aromatic nitrogens is 2. The smallest absolute Gasteiger partial charge is 0.251 e. The van der Waals surface area contributed by atoms with Crippen molar-refractivity contribution in [1.82, 2.24) is 9.97 Å². The molecule has 3 N–H and O–H groups in total. The highest BCUT2D eigenvalue weighted by Crippen LogP contribution is 2.33. The molecule has 0 aliphatic heterocycles. The van der Waals surface area contributed by atoms with E-state index in [0.717, 1.165) is 18.0 Å². The lowest BCUT2D eigenvalue weighted by molar-refractivity contribution is 0.602. The molecule has 0 saturated carbocycles. The van der Waals surface area contributed by atoms with E-state index in [-0.39, 0.29) is 16.1 Å². The van der Waals surface area contributed by atoms with Crippen molar-refractivity contribution in [1.29, 1.82) is 0 Å². The third-order valence-electron chi connectivity index (χ3n) is 2.28. The number of aromatic amines is 1. The Balaban J connectivity index is 2.45. The minimum atomic E-state index is -3.39. The first-order valence-electron chi connectivity index (χ1n) is 5.19. The molecule has 0 aliphatic rings. The zero-order chi connectivity index (χ0) is 14.0. The van der Waals surface area contributed by atoms with E-state index >= 15 is 0 Å². The highest BCUT2D eigenvalue weighted by Gasteiger charge is 2.15. The van der Waals surface area contributed by atoms with Crippen LogP contribution in [0.5, 0.6) is 0 Å². The third kappa shape index (κ3) is 3.15. The van der Waals surface area contributed by atoms with Crippen LogP contribution in [0.3, 0.4) is 0 Å². The van der Waals surface area contributed by atoms with Gasteiger partial charge in [-0.3, -0.25) is 4.79 Å². The maximum atomic E-state index is 11.5. The number of nitrogens with two attached hydrogens (primary N) is 1. The molecule has 19 heavy (non-hydrogen) atoms. The van der Waals surface area contributed by atoms with Gasteiger partial charge in [-0.15, -0.1) is 0 Å². The maximum Gasteiger partial charge on any atom is 0.251 e. The van der Waals surface area contributed by atoms with E-state index in [1.54, 1.807) is 12.1 Å². The van der Waals surface area contributed by atoms with E-state index < -0.39 is 9.84 Å². The fourth-order valence-electron chi connectivity index (χ4n) is 1.44. The van der Waals surface area contributed by atoms with Crippen LogP contribution in [0.2, 0.25) is 0 Å². The molecule has 0 radical (unpaired) electrons. The Hall–Kier alpha value is -1.80.